The molecule has 6 aliphatic rings. The Hall–Kier alpha value is -1.75. The summed E-state index contributed by atoms with van der Waals surface area (Å²) < 4.78 is 5.73. The number of aromatic hydroxyl groups is 1. The highest BCUT2D eigenvalue weighted by molar-refractivity contribution is 5.69. The van der Waals surface area contributed by atoms with Gasteiger partial charge in [0, 0.05) is 30.6 Å². The number of nitrogens with zero attached hydrogens (tertiary/aromatic N) is 2. The second-order valence-electron chi connectivity index (χ2n) is 12.6. The van der Waals surface area contributed by atoms with Crippen LogP contribution in [-0.4, -0.2) is 59.3 Å². The van der Waals surface area contributed by atoms with Crippen LogP contribution in [0.15, 0.2) is 18.2 Å². The van der Waals surface area contributed by atoms with E-state index in [-0.39, 0.29) is 17.6 Å². The lowest BCUT2D eigenvalue weighted by atomic mass is 9.43. The highest BCUT2D eigenvalue weighted by Crippen LogP contribution is 2.75. The molecule has 2 heterocycles. The van der Waals surface area contributed by atoms with Gasteiger partial charge in [0.25, 0.3) is 0 Å². The number of hydrogen-bond acceptors (Lipinski definition) is 4. The van der Waals surface area contributed by atoms with Crippen LogP contribution in [0.3, 0.4) is 0 Å². The van der Waals surface area contributed by atoms with Crippen LogP contribution in [0.25, 0.3) is 0 Å². The molecular weight excluding hydrogens is 412 g/mol. The van der Waals surface area contributed by atoms with Crippen LogP contribution in [0.1, 0.15) is 63.5 Å². The number of hydrogen-bond donors (Lipinski definition) is 1. The van der Waals surface area contributed by atoms with E-state index in [1.165, 1.54) is 56.3 Å². The summed E-state index contributed by atoms with van der Waals surface area (Å²) in [5, 5.41) is 10.6. The summed E-state index contributed by atoms with van der Waals surface area (Å²) in [7, 11) is 0. The monoisotopic (exact) mass is 450 g/mol. The molecule has 4 bridgehead atoms. The summed E-state index contributed by atoms with van der Waals surface area (Å²) in [6, 6.07) is 7.12. The van der Waals surface area contributed by atoms with Gasteiger partial charge in [-0.05, 0) is 104 Å². The average molecular weight is 451 g/mol. The number of likely N-dealkylation sites (tertiary alicyclic amines) is 2. The fourth-order valence-corrected chi connectivity index (χ4v) is 9.48. The number of amides is 1. The lowest BCUT2D eigenvalue weighted by molar-refractivity contribution is -0.103. The van der Waals surface area contributed by atoms with Gasteiger partial charge in [0.2, 0.25) is 0 Å². The fourth-order valence-electron chi connectivity index (χ4n) is 9.48. The van der Waals surface area contributed by atoms with E-state index in [1.54, 1.807) is 0 Å². The summed E-state index contributed by atoms with van der Waals surface area (Å²) in [5.74, 6) is 2.74. The number of piperidine rings is 1. The maximum atomic E-state index is 13.1. The molecule has 1 aromatic carbocycles. The molecule has 0 spiro atoms. The lowest BCUT2D eigenvalue weighted by Gasteiger charge is -2.66. The maximum absolute atomic E-state index is 13.1. The van der Waals surface area contributed by atoms with Crippen molar-refractivity contribution in [2.45, 2.75) is 76.3 Å². The highest BCUT2D eigenvalue weighted by atomic mass is 16.6. The van der Waals surface area contributed by atoms with E-state index in [0.717, 1.165) is 25.3 Å². The smallest absolute Gasteiger partial charge is 0.410 e. The van der Waals surface area contributed by atoms with Crippen molar-refractivity contribution in [3.63, 3.8) is 0 Å². The van der Waals surface area contributed by atoms with E-state index in [9.17, 15) is 9.90 Å². The van der Waals surface area contributed by atoms with Crippen LogP contribution in [-0.2, 0) is 16.6 Å². The van der Waals surface area contributed by atoms with E-state index in [1.807, 2.05) is 6.07 Å². The van der Waals surface area contributed by atoms with Crippen LogP contribution < -0.4 is 0 Å². The van der Waals surface area contributed by atoms with Gasteiger partial charge < -0.3 is 14.7 Å². The lowest BCUT2D eigenvalue weighted by Crippen LogP contribution is -2.69. The first-order valence-electron chi connectivity index (χ1n) is 13.4. The highest BCUT2D eigenvalue weighted by Gasteiger charge is 2.76. The summed E-state index contributed by atoms with van der Waals surface area (Å²) >= 11 is 0. The first-order chi connectivity index (χ1) is 15.9. The molecule has 1 N–H and O–H groups in total. The van der Waals surface area contributed by atoms with Crippen molar-refractivity contribution in [2.75, 3.05) is 26.2 Å². The summed E-state index contributed by atoms with van der Waals surface area (Å²) in [4.78, 5) is 18.1. The quantitative estimate of drug-likeness (QED) is 0.731. The molecule has 7 rings (SSSR count). The third-order valence-corrected chi connectivity index (χ3v) is 10.5. The van der Waals surface area contributed by atoms with Gasteiger partial charge in [-0.2, -0.15) is 0 Å². The Morgan fingerprint density at radius 1 is 1.24 bits per heavy atom. The van der Waals surface area contributed by atoms with Crippen molar-refractivity contribution >= 4 is 6.09 Å². The number of rotatable bonds is 4. The zero-order chi connectivity index (χ0) is 22.5. The van der Waals surface area contributed by atoms with Crippen molar-refractivity contribution in [3.8, 4) is 5.75 Å². The predicted molar refractivity (Wildman–Crippen MR) is 126 cm³/mol. The first kappa shape index (κ1) is 20.6. The number of carbonyl (C=O) groups is 1. The third-order valence-electron chi connectivity index (χ3n) is 10.5. The van der Waals surface area contributed by atoms with Gasteiger partial charge in [0.1, 0.15) is 5.75 Å². The number of carbonyl (C=O) groups excluding carboxylic acids is 1. The Labute approximate surface area is 197 Å². The topological polar surface area (TPSA) is 53.0 Å². The normalized spacial score (nSPS) is 40.6. The zero-order valence-electron chi connectivity index (χ0n) is 20.1. The molecule has 2 saturated heterocycles. The van der Waals surface area contributed by atoms with Crippen LogP contribution in [0, 0.1) is 29.1 Å². The average Bonchev–Trinajstić information content (AvgIpc) is 3.47. The molecule has 6 atom stereocenters. The van der Waals surface area contributed by atoms with Crippen LogP contribution in [0.4, 0.5) is 4.79 Å². The minimum atomic E-state index is -0.0957. The largest absolute Gasteiger partial charge is 0.508 e. The Morgan fingerprint density at radius 2 is 2.09 bits per heavy atom. The molecule has 2 aliphatic heterocycles. The molecule has 1 aromatic rings. The molecule has 0 aromatic heterocycles. The van der Waals surface area contributed by atoms with E-state index >= 15 is 0 Å². The van der Waals surface area contributed by atoms with E-state index in [4.69, 9.17) is 4.74 Å². The Bertz CT molecular complexity index is 989. The van der Waals surface area contributed by atoms with Gasteiger partial charge in [0.05, 0.1) is 6.61 Å². The van der Waals surface area contributed by atoms with Gasteiger partial charge >= 0.3 is 6.09 Å². The molecule has 1 amide bonds. The summed E-state index contributed by atoms with van der Waals surface area (Å²) in [6.45, 7) is 8.01. The third kappa shape index (κ3) is 2.66. The number of phenolic OH excluding ortho intramolecular Hbond substituents is 1. The Morgan fingerprint density at radius 3 is 2.88 bits per heavy atom. The molecule has 4 aliphatic carbocycles. The molecule has 5 heteroatoms. The van der Waals surface area contributed by atoms with E-state index < -0.39 is 0 Å². The predicted octanol–water partition coefficient (Wildman–Crippen LogP) is 4.56. The molecule has 0 radical (unpaired) electrons. The Balaban J connectivity index is 1.31. The van der Waals surface area contributed by atoms with Crippen molar-refractivity contribution in [1.29, 1.82) is 0 Å². The maximum Gasteiger partial charge on any atom is 0.410 e. The molecule has 5 fully saturated rings. The van der Waals surface area contributed by atoms with Crippen molar-refractivity contribution in [3.05, 3.63) is 29.3 Å². The number of phenols is 1. The molecule has 5 nitrogen and oxygen atoms in total. The van der Waals surface area contributed by atoms with Crippen molar-refractivity contribution in [2.24, 2.45) is 29.1 Å². The van der Waals surface area contributed by atoms with Crippen LogP contribution in [0.5, 0.6) is 5.75 Å². The molecular formula is C28H38N2O3. The van der Waals surface area contributed by atoms with Crippen molar-refractivity contribution in [1.82, 2.24) is 9.80 Å². The standard InChI is InChI=1S/C28H38N2O3/c1-17(2)16-33-26(32)30-15-20-13-27-8-7-23(30)25(20)28(27)9-10-29(14-18-3-4-18)24(27)11-19-5-6-21(31)12-22(19)28/h5-6,12,17-18,20,23-25,31H,3-4,7-11,13-16H2,1-2H3/t20-,23?,24?,25?,27?,28?/m1/s1. The number of ether oxygens (including phenoxy) is 1. The van der Waals surface area contributed by atoms with Gasteiger partial charge in [-0.3, -0.25) is 4.90 Å². The van der Waals surface area contributed by atoms with Gasteiger partial charge in [-0.15, -0.1) is 0 Å². The number of fused-ring (bicyclic) bond motifs is 1. The van der Waals surface area contributed by atoms with Gasteiger partial charge in [0.15, 0.2) is 0 Å². The minimum Gasteiger partial charge on any atom is -0.508 e. The summed E-state index contributed by atoms with van der Waals surface area (Å²) in [5.41, 5.74) is 3.29. The molecule has 3 saturated carbocycles. The zero-order valence-corrected chi connectivity index (χ0v) is 20.1. The van der Waals surface area contributed by atoms with Gasteiger partial charge in [-0.25, -0.2) is 4.79 Å². The van der Waals surface area contributed by atoms with E-state index in [2.05, 4.69) is 35.8 Å². The molecule has 33 heavy (non-hydrogen) atoms. The summed E-state index contributed by atoms with van der Waals surface area (Å²) in [6.07, 6.45) is 8.60. The second-order valence-corrected chi connectivity index (χ2v) is 12.6. The minimum absolute atomic E-state index is 0.0957. The van der Waals surface area contributed by atoms with Gasteiger partial charge in [-0.1, -0.05) is 19.9 Å². The number of benzene rings is 1. The fraction of sp³-hybridized carbons (Fsp3) is 0.750. The molecule has 5 unspecified atom stereocenters. The first-order valence-corrected chi connectivity index (χ1v) is 13.4. The van der Waals surface area contributed by atoms with E-state index in [0.29, 0.717) is 41.6 Å². The van der Waals surface area contributed by atoms with Crippen LogP contribution in [0.2, 0.25) is 0 Å². The second kappa shape index (κ2) is 6.90. The van der Waals surface area contributed by atoms with Crippen LogP contribution >= 0.6 is 0 Å². The Kier molecular flexibility index (Phi) is 4.31. The SMILES string of the molecule is CC(C)COC(=O)N1C[C@H]2CC34CCC1C2C31CCN(CC2CC2)C4Cc2ccc(O)cc21. The van der Waals surface area contributed by atoms with Crippen molar-refractivity contribution < 1.29 is 14.6 Å². The molecule has 178 valence electrons.